The number of hydrogen-bond acceptors (Lipinski definition) is 12. The number of nitrogens with one attached hydrogen (secondary N) is 1. The van der Waals surface area contributed by atoms with Gasteiger partial charge in [-0.15, -0.1) is 11.6 Å². The van der Waals surface area contributed by atoms with Crippen molar-refractivity contribution in [3.63, 3.8) is 0 Å². The highest BCUT2D eigenvalue weighted by molar-refractivity contribution is 8.09. The molecule has 4 aromatic rings. The van der Waals surface area contributed by atoms with Crippen molar-refractivity contribution >= 4 is 69.7 Å². The van der Waals surface area contributed by atoms with Crippen molar-refractivity contribution in [2.45, 2.75) is 57.0 Å². The summed E-state index contributed by atoms with van der Waals surface area (Å²) >= 11 is 12.3. The summed E-state index contributed by atoms with van der Waals surface area (Å²) in [6.45, 7) is 0.865. The monoisotopic (exact) mass is 695 g/mol. The van der Waals surface area contributed by atoms with Crippen LogP contribution in [0.4, 0.5) is 16.2 Å². The van der Waals surface area contributed by atoms with E-state index in [2.05, 4.69) is 20.0 Å². The minimum Gasteiger partial charge on any atom is -0.462 e. The van der Waals surface area contributed by atoms with Gasteiger partial charge in [0.15, 0.2) is 29.4 Å². The number of aliphatic hydroxyl groups is 1. The molecule has 0 aliphatic carbocycles. The molecule has 0 amide bonds. The van der Waals surface area contributed by atoms with Crippen molar-refractivity contribution in [3.05, 3.63) is 48.8 Å². The van der Waals surface area contributed by atoms with Crippen LogP contribution in [0.3, 0.4) is 0 Å². The first kappa shape index (κ1) is 34.2. The lowest BCUT2D eigenvalue weighted by atomic mass is 9.99. The Morgan fingerprint density at radius 2 is 1.98 bits per heavy atom. The predicted octanol–water partition coefficient (Wildman–Crippen LogP) is 4.08. The lowest BCUT2D eigenvalue weighted by molar-refractivity contribution is -0.149. The van der Waals surface area contributed by atoms with Crippen LogP contribution in [0.25, 0.3) is 21.9 Å². The zero-order chi connectivity index (χ0) is 33.4. The molecular weight excluding hydrogens is 660 g/mol. The van der Waals surface area contributed by atoms with Crippen molar-refractivity contribution < 1.29 is 32.8 Å². The Morgan fingerprint density at radius 1 is 1.26 bits per heavy atom. The van der Waals surface area contributed by atoms with Crippen LogP contribution in [0.1, 0.15) is 27.0 Å². The third-order valence-corrected chi connectivity index (χ3v) is 10.2. The van der Waals surface area contributed by atoms with Gasteiger partial charge in [-0.25, -0.2) is 14.5 Å². The fourth-order valence-electron chi connectivity index (χ4n) is 5.03. The van der Waals surface area contributed by atoms with Gasteiger partial charge in [0, 0.05) is 19.5 Å². The third kappa shape index (κ3) is 6.77. The Bertz CT molecular complexity index is 1780. The molecule has 0 bridgehead atoms. The van der Waals surface area contributed by atoms with E-state index in [1.54, 1.807) is 51.9 Å². The van der Waals surface area contributed by atoms with Crippen LogP contribution in [-0.2, 0) is 30.6 Å². The number of carbonyl (C=O) groups excluding carboxylic acids is 1. The average Bonchev–Trinajstić information content (AvgIpc) is 3.53. The molecule has 3 heterocycles. The van der Waals surface area contributed by atoms with Gasteiger partial charge in [0.05, 0.1) is 24.9 Å². The van der Waals surface area contributed by atoms with Gasteiger partial charge in [-0.1, -0.05) is 36.4 Å². The highest BCUT2D eigenvalue weighted by atomic mass is 35.5. The topological polar surface area (TPSA) is 159 Å². The number of ether oxygens (including phenoxy) is 2. The first-order valence-electron chi connectivity index (χ1n) is 14.4. The zero-order valence-corrected chi connectivity index (χ0v) is 28.3. The number of nitrogen functional groups attached to an aromatic ring is 1. The number of halogens is 2. The quantitative estimate of drug-likeness (QED) is 0.111. The summed E-state index contributed by atoms with van der Waals surface area (Å²) in [7, 11) is 3.51. The van der Waals surface area contributed by atoms with E-state index in [0.29, 0.717) is 17.1 Å². The lowest BCUT2D eigenvalue weighted by Crippen LogP contribution is -2.48. The van der Waals surface area contributed by atoms with Crippen LogP contribution in [0, 0.1) is 0 Å². The van der Waals surface area contributed by atoms with E-state index < -0.39 is 49.4 Å². The second-order valence-corrected chi connectivity index (χ2v) is 14.8. The number of imidazole rings is 1. The number of fused-ring (bicyclic) bond motifs is 2. The Labute approximate surface area is 275 Å². The number of aromatic nitrogens is 4. The summed E-state index contributed by atoms with van der Waals surface area (Å²) in [6.07, 6.45) is -4.19. The molecule has 1 unspecified atom stereocenters. The molecule has 0 radical (unpaired) electrons. The first-order valence-corrected chi connectivity index (χ1v) is 17.6. The van der Waals surface area contributed by atoms with E-state index in [9.17, 15) is 9.90 Å². The maximum atomic E-state index is 15.9. The molecule has 46 heavy (non-hydrogen) atoms. The smallest absolute Gasteiger partial charge is 0.323 e. The summed E-state index contributed by atoms with van der Waals surface area (Å²) < 4.78 is 41.3. The number of anilines is 2. The largest absolute Gasteiger partial charge is 0.462 e. The Balaban J connectivity index is 1.46. The van der Waals surface area contributed by atoms with E-state index in [-0.39, 0.29) is 23.6 Å². The van der Waals surface area contributed by atoms with E-state index in [1.165, 1.54) is 10.9 Å². The van der Waals surface area contributed by atoms with Gasteiger partial charge in [0.25, 0.3) is 0 Å². The number of rotatable bonds is 12. The number of esters is 1. The van der Waals surface area contributed by atoms with E-state index in [0.717, 1.165) is 10.8 Å². The van der Waals surface area contributed by atoms with Crippen molar-refractivity contribution in [2.75, 3.05) is 37.2 Å². The average molecular weight is 696 g/mol. The summed E-state index contributed by atoms with van der Waals surface area (Å²) in [5, 5.41) is 15.8. The van der Waals surface area contributed by atoms with Gasteiger partial charge in [0.1, 0.15) is 23.5 Å². The minimum atomic E-state index is -3.65. The van der Waals surface area contributed by atoms with E-state index >= 15 is 4.39 Å². The van der Waals surface area contributed by atoms with Gasteiger partial charge in [-0.2, -0.15) is 9.97 Å². The molecule has 0 spiro atoms. The van der Waals surface area contributed by atoms with E-state index in [1.807, 2.05) is 30.3 Å². The zero-order valence-electron chi connectivity index (χ0n) is 25.8. The van der Waals surface area contributed by atoms with Crippen LogP contribution >= 0.6 is 18.2 Å². The fraction of sp³-hybridized carbons (Fsp3) is 0.448. The number of hydrogen-bond donors (Lipinski definition) is 3. The molecule has 1 aliphatic rings. The van der Waals surface area contributed by atoms with Gasteiger partial charge < -0.3 is 34.3 Å². The third-order valence-electron chi connectivity index (χ3n) is 7.32. The van der Waals surface area contributed by atoms with Crippen LogP contribution in [-0.4, -0.2) is 87.2 Å². The SMILES string of the molecule is CC(C)OC(=O)[C@@H](C)NP(=S)(OC[C@@]1(CCl)O[C@@H](n2cnc3c(N(C)C)nc(N)nc32)[C@H](F)[C@@H]1O)Oc1cccc2ccccc12. The van der Waals surface area contributed by atoms with Gasteiger partial charge in [0.2, 0.25) is 5.95 Å². The van der Waals surface area contributed by atoms with Crippen LogP contribution in [0.2, 0.25) is 0 Å². The molecule has 248 valence electrons. The Kier molecular flexibility index (Phi) is 10.0. The highest BCUT2D eigenvalue weighted by Crippen LogP contribution is 2.50. The van der Waals surface area contributed by atoms with Crippen LogP contribution in [0.5, 0.6) is 5.75 Å². The Hall–Kier alpha value is -3.17. The second kappa shape index (κ2) is 13.5. The van der Waals surface area contributed by atoms with Crippen molar-refractivity contribution in [3.8, 4) is 5.75 Å². The fourth-order valence-corrected chi connectivity index (χ4v) is 7.77. The molecule has 2 aromatic carbocycles. The normalized spacial score (nSPS) is 23.5. The maximum absolute atomic E-state index is 15.9. The van der Waals surface area contributed by atoms with Gasteiger partial charge >= 0.3 is 12.6 Å². The number of aliphatic hydroxyl groups excluding tert-OH is 1. The molecule has 5 rings (SSSR count). The van der Waals surface area contributed by atoms with Crippen molar-refractivity contribution in [2.24, 2.45) is 0 Å². The van der Waals surface area contributed by atoms with Crippen LogP contribution < -0.4 is 20.2 Å². The molecular formula is C29H36ClFN7O6PS. The van der Waals surface area contributed by atoms with Gasteiger partial charge in [-0.3, -0.25) is 9.36 Å². The highest BCUT2D eigenvalue weighted by Gasteiger charge is 2.57. The summed E-state index contributed by atoms with van der Waals surface area (Å²) in [6, 6.07) is 12.0. The Morgan fingerprint density at radius 3 is 2.67 bits per heavy atom. The summed E-state index contributed by atoms with van der Waals surface area (Å²) in [5.41, 5.74) is 4.70. The van der Waals surface area contributed by atoms with Crippen molar-refractivity contribution in [1.29, 1.82) is 0 Å². The number of nitrogens with two attached hydrogens (primary N) is 1. The summed E-state index contributed by atoms with van der Waals surface area (Å²) in [5.74, 6) is -0.197. The molecule has 1 aliphatic heterocycles. The lowest BCUT2D eigenvalue weighted by Gasteiger charge is -2.33. The molecule has 2 aromatic heterocycles. The molecule has 13 nitrogen and oxygen atoms in total. The number of nitrogens with zero attached hydrogens (tertiary/aromatic N) is 5. The number of carbonyl (C=O) groups is 1. The van der Waals surface area contributed by atoms with Gasteiger partial charge in [-0.05, 0) is 44.0 Å². The minimum absolute atomic E-state index is 0.0543. The maximum Gasteiger partial charge on any atom is 0.323 e. The molecule has 6 atom stereocenters. The number of benzene rings is 2. The molecule has 1 saturated heterocycles. The van der Waals surface area contributed by atoms with Crippen LogP contribution in [0.15, 0.2) is 48.8 Å². The second-order valence-electron chi connectivity index (χ2n) is 11.4. The first-order chi connectivity index (χ1) is 21.8. The molecule has 0 saturated carbocycles. The summed E-state index contributed by atoms with van der Waals surface area (Å²) in [4.78, 5) is 27.3. The standard InChI is InChI=1S/C29H36ClFN7O6PS/c1-16(2)42-27(40)17(3)36-45(46,44-20-12-8-10-18-9-6-7-11-19(18)20)41-14-29(13-30)23(39)21(31)26(43-29)38-15-33-22-24(37(4)5)34-28(32)35-25(22)38/h6-12,15-17,21,23,26,39H,13-14H2,1-5H3,(H,36,46)(H2,32,34,35)/t17-,21-,23+,26-,29-,45?/m1/s1. The molecule has 1 fully saturated rings. The van der Waals surface area contributed by atoms with E-state index in [4.69, 9.17) is 47.7 Å². The predicted molar refractivity (Wildman–Crippen MR) is 177 cm³/mol. The molecule has 17 heteroatoms. The number of alkyl halides is 2. The molecule has 4 N–H and O–H groups in total. The van der Waals surface area contributed by atoms with Crippen molar-refractivity contribution in [1.82, 2.24) is 24.6 Å².